The fourth-order valence-corrected chi connectivity index (χ4v) is 1.74. The normalized spacial score (nSPS) is 16.5. The fraction of sp³-hybridized carbons (Fsp3) is 0.500. The molecular formula is C12H16. The zero-order valence-electron chi connectivity index (χ0n) is 7.93. The Bertz CT molecular complexity index is 282. The largest absolute Gasteiger partial charge is 0.0613 e. The summed E-state index contributed by atoms with van der Waals surface area (Å²) in [6.07, 6.45) is 3.99. The summed E-state index contributed by atoms with van der Waals surface area (Å²) in [5, 5.41) is 0. The maximum absolute atomic E-state index is 2.40. The highest BCUT2D eigenvalue weighted by molar-refractivity contribution is 5.34. The van der Waals surface area contributed by atoms with E-state index >= 15 is 0 Å². The van der Waals surface area contributed by atoms with Crippen molar-refractivity contribution in [3.05, 3.63) is 34.9 Å². The SMILES string of the molecule is CCc1cc(C2CC2)ccc1C. The fourth-order valence-electron chi connectivity index (χ4n) is 1.74. The molecule has 0 unspecified atom stereocenters. The molecule has 1 aromatic rings. The molecule has 1 aliphatic rings. The Kier molecular flexibility index (Phi) is 1.92. The average molecular weight is 160 g/mol. The van der Waals surface area contributed by atoms with Gasteiger partial charge in [-0.3, -0.25) is 0 Å². The number of hydrogen-bond acceptors (Lipinski definition) is 0. The van der Waals surface area contributed by atoms with E-state index in [-0.39, 0.29) is 0 Å². The van der Waals surface area contributed by atoms with Gasteiger partial charge in [-0.15, -0.1) is 0 Å². The van der Waals surface area contributed by atoms with Crippen LogP contribution in [0.5, 0.6) is 0 Å². The second-order valence-electron chi connectivity index (χ2n) is 3.81. The Morgan fingerprint density at radius 3 is 2.67 bits per heavy atom. The average Bonchev–Trinajstić information content (AvgIpc) is 2.88. The van der Waals surface area contributed by atoms with Crippen molar-refractivity contribution in [1.29, 1.82) is 0 Å². The number of benzene rings is 1. The zero-order valence-corrected chi connectivity index (χ0v) is 7.93. The Balaban J connectivity index is 2.33. The molecule has 0 heterocycles. The lowest BCUT2D eigenvalue weighted by Crippen LogP contribution is -1.88. The van der Waals surface area contributed by atoms with E-state index in [2.05, 4.69) is 32.0 Å². The van der Waals surface area contributed by atoms with Gasteiger partial charge in [0.1, 0.15) is 0 Å². The van der Waals surface area contributed by atoms with Crippen LogP contribution >= 0.6 is 0 Å². The smallest absolute Gasteiger partial charge is 0.0161 e. The standard InChI is InChI=1S/C12H16/c1-3-10-8-12(11-6-7-11)5-4-9(10)2/h4-5,8,11H,3,6-7H2,1-2H3. The second-order valence-corrected chi connectivity index (χ2v) is 3.81. The van der Waals surface area contributed by atoms with Crippen LogP contribution in [-0.2, 0) is 6.42 Å². The highest BCUT2D eigenvalue weighted by Gasteiger charge is 2.23. The zero-order chi connectivity index (χ0) is 8.55. The van der Waals surface area contributed by atoms with Gasteiger partial charge in [-0.25, -0.2) is 0 Å². The molecule has 1 fully saturated rings. The van der Waals surface area contributed by atoms with E-state index in [1.54, 1.807) is 5.56 Å². The first-order valence-electron chi connectivity index (χ1n) is 4.90. The first-order valence-corrected chi connectivity index (χ1v) is 4.90. The van der Waals surface area contributed by atoms with Crippen LogP contribution in [0.15, 0.2) is 18.2 Å². The van der Waals surface area contributed by atoms with Crippen LogP contribution in [0.4, 0.5) is 0 Å². The van der Waals surface area contributed by atoms with Crippen molar-refractivity contribution in [1.82, 2.24) is 0 Å². The number of hydrogen-bond donors (Lipinski definition) is 0. The molecule has 1 saturated carbocycles. The van der Waals surface area contributed by atoms with Crippen LogP contribution in [0.3, 0.4) is 0 Å². The van der Waals surface area contributed by atoms with Crippen molar-refractivity contribution in [3.63, 3.8) is 0 Å². The predicted molar refractivity (Wildman–Crippen MR) is 52.5 cm³/mol. The van der Waals surface area contributed by atoms with E-state index in [1.165, 1.54) is 30.4 Å². The quantitative estimate of drug-likeness (QED) is 0.621. The van der Waals surface area contributed by atoms with Crippen molar-refractivity contribution in [3.8, 4) is 0 Å². The van der Waals surface area contributed by atoms with Crippen molar-refractivity contribution < 1.29 is 0 Å². The lowest BCUT2D eigenvalue weighted by Gasteiger charge is -2.05. The summed E-state index contributed by atoms with van der Waals surface area (Å²) in [7, 11) is 0. The Hall–Kier alpha value is -0.780. The summed E-state index contributed by atoms with van der Waals surface area (Å²) < 4.78 is 0. The van der Waals surface area contributed by atoms with E-state index in [4.69, 9.17) is 0 Å². The summed E-state index contributed by atoms with van der Waals surface area (Å²) in [5.41, 5.74) is 4.54. The molecule has 0 amide bonds. The molecule has 0 nitrogen and oxygen atoms in total. The maximum Gasteiger partial charge on any atom is -0.0161 e. The highest BCUT2D eigenvalue weighted by Crippen LogP contribution is 2.40. The summed E-state index contributed by atoms with van der Waals surface area (Å²) in [6.45, 7) is 4.44. The Morgan fingerprint density at radius 1 is 1.33 bits per heavy atom. The topological polar surface area (TPSA) is 0 Å². The van der Waals surface area contributed by atoms with Gasteiger partial charge >= 0.3 is 0 Å². The van der Waals surface area contributed by atoms with Gasteiger partial charge in [0.15, 0.2) is 0 Å². The molecular weight excluding hydrogens is 144 g/mol. The molecule has 12 heavy (non-hydrogen) atoms. The second kappa shape index (κ2) is 2.93. The van der Waals surface area contributed by atoms with Crippen LogP contribution in [0.1, 0.15) is 42.4 Å². The van der Waals surface area contributed by atoms with Gasteiger partial charge < -0.3 is 0 Å². The van der Waals surface area contributed by atoms with Gasteiger partial charge in [0.2, 0.25) is 0 Å². The molecule has 64 valence electrons. The highest BCUT2D eigenvalue weighted by atomic mass is 14.3. The monoisotopic (exact) mass is 160 g/mol. The molecule has 0 saturated heterocycles. The molecule has 1 aromatic carbocycles. The molecule has 0 bridgehead atoms. The summed E-state index contributed by atoms with van der Waals surface area (Å²) in [6, 6.07) is 6.96. The molecule has 0 radical (unpaired) electrons. The van der Waals surface area contributed by atoms with Gasteiger partial charge in [-0.2, -0.15) is 0 Å². The van der Waals surface area contributed by atoms with E-state index < -0.39 is 0 Å². The Morgan fingerprint density at radius 2 is 2.08 bits per heavy atom. The van der Waals surface area contributed by atoms with Crippen molar-refractivity contribution >= 4 is 0 Å². The minimum Gasteiger partial charge on any atom is -0.0613 e. The first kappa shape index (κ1) is 7.85. The van der Waals surface area contributed by atoms with E-state index in [1.807, 2.05) is 0 Å². The molecule has 0 spiro atoms. The van der Waals surface area contributed by atoms with Crippen molar-refractivity contribution in [2.75, 3.05) is 0 Å². The van der Waals surface area contributed by atoms with Gasteiger partial charge in [0.25, 0.3) is 0 Å². The van der Waals surface area contributed by atoms with Gasteiger partial charge in [0.05, 0.1) is 0 Å². The van der Waals surface area contributed by atoms with Crippen molar-refractivity contribution in [2.24, 2.45) is 0 Å². The van der Waals surface area contributed by atoms with E-state index in [0.29, 0.717) is 0 Å². The minimum absolute atomic E-state index is 0.899. The first-order chi connectivity index (χ1) is 5.81. The van der Waals surface area contributed by atoms with E-state index in [0.717, 1.165) is 5.92 Å². The molecule has 0 N–H and O–H groups in total. The van der Waals surface area contributed by atoms with Crippen LogP contribution < -0.4 is 0 Å². The van der Waals surface area contributed by atoms with Gasteiger partial charge in [0, 0.05) is 0 Å². The van der Waals surface area contributed by atoms with Crippen LogP contribution in [0.2, 0.25) is 0 Å². The van der Waals surface area contributed by atoms with Crippen molar-refractivity contribution in [2.45, 2.75) is 39.0 Å². The maximum atomic E-state index is 2.40. The summed E-state index contributed by atoms with van der Waals surface area (Å²) in [5.74, 6) is 0.899. The number of aryl methyl sites for hydroxylation is 2. The predicted octanol–water partition coefficient (Wildman–Crippen LogP) is 3.43. The lowest BCUT2D eigenvalue weighted by atomic mass is 10.0. The lowest BCUT2D eigenvalue weighted by molar-refractivity contribution is 1.06. The molecule has 0 aromatic heterocycles. The molecule has 0 aliphatic heterocycles. The third-order valence-corrected chi connectivity index (χ3v) is 2.80. The van der Waals surface area contributed by atoms with Crippen LogP contribution in [0.25, 0.3) is 0 Å². The van der Waals surface area contributed by atoms with Gasteiger partial charge in [-0.1, -0.05) is 25.1 Å². The van der Waals surface area contributed by atoms with Crippen LogP contribution in [0, 0.1) is 6.92 Å². The molecule has 2 rings (SSSR count). The molecule has 0 atom stereocenters. The van der Waals surface area contributed by atoms with Crippen LogP contribution in [-0.4, -0.2) is 0 Å². The molecule has 1 aliphatic carbocycles. The third-order valence-electron chi connectivity index (χ3n) is 2.80. The van der Waals surface area contributed by atoms with E-state index in [9.17, 15) is 0 Å². The van der Waals surface area contributed by atoms with Gasteiger partial charge in [-0.05, 0) is 48.8 Å². The third kappa shape index (κ3) is 1.38. The number of rotatable bonds is 2. The Labute approximate surface area is 74.6 Å². The summed E-state index contributed by atoms with van der Waals surface area (Å²) in [4.78, 5) is 0. The summed E-state index contributed by atoms with van der Waals surface area (Å²) >= 11 is 0. The minimum atomic E-state index is 0.899. The molecule has 0 heteroatoms.